The average Bonchev–Trinajstić information content (AvgIpc) is 3.72. The minimum atomic E-state index is -0.755. The fraction of sp³-hybridized carbons (Fsp3) is 0.406. The molecule has 8 nitrogen and oxygen atoms in total. The number of fused-ring (bicyclic) bond motifs is 1. The lowest BCUT2D eigenvalue weighted by atomic mass is 9.91. The summed E-state index contributed by atoms with van der Waals surface area (Å²) in [5.74, 6) is 1.03. The molecule has 1 aromatic heterocycles. The molecule has 1 amide bonds. The van der Waals surface area contributed by atoms with Gasteiger partial charge in [0.05, 0.1) is 24.3 Å². The van der Waals surface area contributed by atoms with E-state index >= 15 is 0 Å². The average molecular weight is 542 g/mol. The van der Waals surface area contributed by atoms with Gasteiger partial charge in [-0.05, 0) is 90.5 Å². The van der Waals surface area contributed by atoms with E-state index in [1.54, 1.807) is 24.4 Å². The number of pyridine rings is 1. The van der Waals surface area contributed by atoms with Crippen molar-refractivity contribution in [1.82, 2.24) is 9.88 Å². The predicted molar refractivity (Wildman–Crippen MR) is 151 cm³/mol. The van der Waals surface area contributed by atoms with Gasteiger partial charge in [-0.2, -0.15) is 0 Å². The number of phenols is 1. The number of piperidine rings is 1. The number of anilines is 1. The maximum absolute atomic E-state index is 13.5. The number of aromatic hydroxyl groups is 1. The van der Waals surface area contributed by atoms with Crippen LogP contribution in [0.25, 0.3) is 0 Å². The lowest BCUT2D eigenvalue weighted by Gasteiger charge is -2.35. The number of aliphatic carboxylic acids is 1. The number of benzene rings is 2. The Kier molecular flexibility index (Phi) is 7.32. The number of hydrogen-bond acceptors (Lipinski definition) is 6. The largest absolute Gasteiger partial charge is 0.508 e. The number of aromatic nitrogens is 1. The molecule has 0 spiro atoms. The van der Waals surface area contributed by atoms with Gasteiger partial charge in [-0.15, -0.1) is 0 Å². The van der Waals surface area contributed by atoms with Crippen molar-refractivity contribution in [3.63, 3.8) is 0 Å². The number of carbonyl (C=O) groups is 2. The SMILES string of the molecule is O=C(O)CC(c1cccc(OCC2CCN(c3cc(O)ccc3C(=O)N3Cc4ccncc4C3)CC2)c1)C1CC1. The number of rotatable bonds is 9. The van der Waals surface area contributed by atoms with E-state index in [4.69, 9.17) is 4.74 Å². The number of ether oxygens (including phenoxy) is 1. The third-order valence-electron chi connectivity index (χ3n) is 8.54. The molecule has 40 heavy (non-hydrogen) atoms. The van der Waals surface area contributed by atoms with Gasteiger partial charge in [-0.1, -0.05) is 12.1 Å². The lowest BCUT2D eigenvalue weighted by Crippen LogP contribution is -2.37. The number of phenolic OH excluding ortho intramolecular Hbond substituents is 1. The molecule has 2 aliphatic heterocycles. The third kappa shape index (κ3) is 5.76. The fourth-order valence-corrected chi connectivity index (χ4v) is 6.13. The van der Waals surface area contributed by atoms with Crippen LogP contribution in [0.3, 0.4) is 0 Å². The predicted octanol–water partition coefficient (Wildman–Crippen LogP) is 5.21. The van der Waals surface area contributed by atoms with Crippen LogP contribution in [-0.4, -0.2) is 51.7 Å². The zero-order valence-corrected chi connectivity index (χ0v) is 22.5. The van der Waals surface area contributed by atoms with Crippen LogP contribution in [-0.2, 0) is 17.9 Å². The van der Waals surface area contributed by atoms with Gasteiger partial charge >= 0.3 is 5.97 Å². The molecule has 2 N–H and O–H groups in total. The van der Waals surface area contributed by atoms with Crippen LogP contribution in [0.1, 0.15) is 65.1 Å². The van der Waals surface area contributed by atoms with Gasteiger partial charge in [-0.3, -0.25) is 14.6 Å². The van der Waals surface area contributed by atoms with E-state index in [-0.39, 0.29) is 24.0 Å². The number of nitrogens with zero attached hydrogens (tertiary/aromatic N) is 3. The Morgan fingerprint density at radius 1 is 1.00 bits per heavy atom. The summed E-state index contributed by atoms with van der Waals surface area (Å²) in [6.07, 6.45) is 7.75. The molecule has 6 rings (SSSR count). The van der Waals surface area contributed by atoms with Crippen molar-refractivity contribution < 1.29 is 24.5 Å². The molecule has 1 atom stereocenters. The van der Waals surface area contributed by atoms with Crippen molar-refractivity contribution in [2.24, 2.45) is 11.8 Å². The number of hydrogen-bond donors (Lipinski definition) is 2. The molecule has 8 heteroatoms. The number of carbonyl (C=O) groups excluding carboxylic acids is 1. The van der Waals surface area contributed by atoms with Gasteiger partial charge in [0.15, 0.2) is 0 Å². The van der Waals surface area contributed by atoms with Crippen molar-refractivity contribution in [3.8, 4) is 11.5 Å². The maximum atomic E-state index is 13.5. The highest BCUT2D eigenvalue weighted by molar-refractivity contribution is 6.00. The van der Waals surface area contributed by atoms with Crippen LogP contribution in [0.5, 0.6) is 11.5 Å². The van der Waals surface area contributed by atoms with Gasteiger partial charge in [-0.25, -0.2) is 0 Å². The Labute approximate surface area is 234 Å². The van der Waals surface area contributed by atoms with Gasteiger partial charge in [0.1, 0.15) is 11.5 Å². The molecule has 1 aliphatic carbocycles. The second-order valence-electron chi connectivity index (χ2n) is 11.4. The van der Waals surface area contributed by atoms with E-state index in [9.17, 15) is 19.8 Å². The number of amides is 1. The summed E-state index contributed by atoms with van der Waals surface area (Å²) in [6.45, 7) is 3.24. The summed E-state index contributed by atoms with van der Waals surface area (Å²) in [5, 5.41) is 19.6. The highest BCUT2D eigenvalue weighted by atomic mass is 16.5. The third-order valence-corrected chi connectivity index (χ3v) is 8.54. The molecule has 3 aromatic rings. The van der Waals surface area contributed by atoms with Crippen molar-refractivity contribution in [2.45, 2.75) is 51.1 Å². The summed E-state index contributed by atoms with van der Waals surface area (Å²) < 4.78 is 6.19. The fourth-order valence-electron chi connectivity index (χ4n) is 6.13. The lowest BCUT2D eigenvalue weighted by molar-refractivity contribution is -0.137. The molecule has 208 valence electrons. The van der Waals surface area contributed by atoms with Gasteiger partial charge < -0.3 is 24.7 Å². The second kappa shape index (κ2) is 11.2. The summed E-state index contributed by atoms with van der Waals surface area (Å²) >= 11 is 0. The van der Waals surface area contributed by atoms with Gasteiger partial charge in [0, 0.05) is 44.6 Å². The van der Waals surface area contributed by atoms with E-state index < -0.39 is 5.97 Å². The highest BCUT2D eigenvalue weighted by Gasteiger charge is 2.34. The van der Waals surface area contributed by atoms with Crippen LogP contribution in [0.2, 0.25) is 0 Å². The molecule has 2 aromatic carbocycles. The van der Waals surface area contributed by atoms with Crippen molar-refractivity contribution in [2.75, 3.05) is 24.6 Å². The van der Waals surface area contributed by atoms with E-state index in [2.05, 4.69) is 9.88 Å². The van der Waals surface area contributed by atoms with Crippen LogP contribution >= 0.6 is 0 Å². The zero-order chi connectivity index (χ0) is 27.6. The Bertz CT molecular complexity index is 1370. The second-order valence-corrected chi connectivity index (χ2v) is 11.4. The minimum Gasteiger partial charge on any atom is -0.508 e. The Morgan fingerprint density at radius 3 is 2.55 bits per heavy atom. The Morgan fingerprint density at radius 2 is 1.80 bits per heavy atom. The van der Waals surface area contributed by atoms with Gasteiger partial charge in [0.25, 0.3) is 5.91 Å². The number of carboxylic acids is 1. The summed E-state index contributed by atoms with van der Waals surface area (Å²) in [5.41, 5.74) is 4.63. The monoisotopic (exact) mass is 541 g/mol. The molecular formula is C32H35N3O5. The Hall–Kier alpha value is -4.07. The van der Waals surface area contributed by atoms with E-state index in [1.165, 1.54) is 0 Å². The van der Waals surface area contributed by atoms with E-state index in [0.717, 1.165) is 66.9 Å². The van der Waals surface area contributed by atoms with E-state index in [1.807, 2.05) is 41.4 Å². The molecule has 1 unspecified atom stereocenters. The van der Waals surface area contributed by atoms with Crippen molar-refractivity contribution in [1.29, 1.82) is 0 Å². The standard InChI is InChI=1S/C32H35N3O5/c36-26-6-7-28(32(39)35-18-24-8-11-33-17-25(24)19-35)30(15-26)34-12-9-21(10-13-34)20-40-27-3-1-2-23(14-27)29(16-31(37)38)22-4-5-22/h1-3,6-8,11,14-15,17,21-22,29,36H,4-5,9-10,12-13,16,18-20H2,(H,37,38). The van der Waals surface area contributed by atoms with Crippen LogP contribution < -0.4 is 9.64 Å². The first-order chi connectivity index (χ1) is 19.4. The summed E-state index contributed by atoms with van der Waals surface area (Å²) in [4.78, 5) is 33.1. The molecule has 3 heterocycles. The maximum Gasteiger partial charge on any atom is 0.303 e. The summed E-state index contributed by atoms with van der Waals surface area (Å²) in [7, 11) is 0. The first-order valence-corrected chi connectivity index (χ1v) is 14.2. The van der Waals surface area contributed by atoms with Gasteiger partial charge in [0.2, 0.25) is 0 Å². The molecule has 0 radical (unpaired) electrons. The minimum absolute atomic E-state index is 0.0380. The van der Waals surface area contributed by atoms with Crippen molar-refractivity contribution >= 4 is 17.6 Å². The smallest absolute Gasteiger partial charge is 0.303 e. The quantitative estimate of drug-likeness (QED) is 0.383. The molecule has 3 aliphatic rings. The van der Waals surface area contributed by atoms with Crippen LogP contribution in [0, 0.1) is 11.8 Å². The van der Waals surface area contributed by atoms with Crippen LogP contribution in [0.4, 0.5) is 5.69 Å². The zero-order valence-electron chi connectivity index (χ0n) is 22.5. The highest BCUT2D eigenvalue weighted by Crippen LogP contribution is 2.45. The molecule has 0 bridgehead atoms. The first kappa shape index (κ1) is 26.2. The molecular weight excluding hydrogens is 506 g/mol. The first-order valence-electron chi connectivity index (χ1n) is 14.2. The topological polar surface area (TPSA) is 103 Å². The molecule has 1 saturated carbocycles. The summed E-state index contributed by atoms with van der Waals surface area (Å²) in [6, 6.07) is 14.9. The normalized spacial score (nSPS) is 17.9. The van der Waals surface area contributed by atoms with E-state index in [0.29, 0.717) is 37.1 Å². The molecule has 2 fully saturated rings. The van der Waals surface area contributed by atoms with Crippen molar-refractivity contribution in [3.05, 3.63) is 83.2 Å². The van der Waals surface area contributed by atoms with Crippen LogP contribution in [0.15, 0.2) is 60.9 Å². The Balaban J connectivity index is 1.07. The molecule has 1 saturated heterocycles. The number of carboxylic acid groups (broad SMARTS) is 1.